The van der Waals surface area contributed by atoms with Crippen molar-refractivity contribution in [1.29, 1.82) is 0 Å². The van der Waals surface area contributed by atoms with Crippen LogP contribution in [0.25, 0.3) is 5.57 Å². The highest BCUT2D eigenvalue weighted by atomic mass is 16.7. The first-order chi connectivity index (χ1) is 18.6. The quantitative estimate of drug-likeness (QED) is 0.388. The Morgan fingerprint density at radius 3 is 1.68 bits per heavy atom. The van der Waals surface area contributed by atoms with Crippen molar-refractivity contribution in [3.63, 3.8) is 0 Å². The highest BCUT2D eigenvalue weighted by Crippen LogP contribution is 2.42. The maximum absolute atomic E-state index is 5.79. The van der Waals surface area contributed by atoms with Crippen LogP contribution in [0.2, 0.25) is 0 Å². The first-order valence-corrected chi connectivity index (χ1v) is 15.1. The van der Waals surface area contributed by atoms with Gasteiger partial charge in [0.05, 0.1) is 26.4 Å². The summed E-state index contributed by atoms with van der Waals surface area (Å²) in [6.45, 7) is 7.49. The van der Waals surface area contributed by atoms with Crippen molar-refractivity contribution < 1.29 is 18.9 Å². The molecular weight excluding hydrogens is 472 g/mol. The molecule has 0 N–H and O–H groups in total. The van der Waals surface area contributed by atoms with Crippen LogP contribution in [0.1, 0.15) is 99.8 Å². The summed E-state index contributed by atoms with van der Waals surface area (Å²) in [5, 5.41) is 0. The van der Waals surface area contributed by atoms with Crippen molar-refractivity contribution in [2.75, 3.05) is 26.4 Å². The maximum Gasteiger partial charge on any atom is 0.172 e. The zero-order valence-corrected chi connectivity index (χ0v) is 23.5. The van der Waals surface area contributed by atoms with E-state index in [1.807, 2.05) is 0 Å². The van der Waals surface area contributed by atoms with E-state index in [9.17, 15) is 0 Å². The minimum absolute atomic E-state index is 0.224. The van der Waals surface area contributed by atoms with Gasteiger partial charge < -0.3 is 18.9 Å². The number of rotatable bonds is 6. The van der Waals surface area contributed by atoms with E-state index in [0.29, 0.717) is 5.92 Å². The molecule has 0 unspecified atom stereocenters. The van der Waals surface area contributed by atoms with Crippen LogP contribution in [-0.4, -0.2) is 38.0 Å². The van der Waals surface area contributed by atoms with Crippen LogP contribution in [0.5, 0.6) is 0 Å². The molecule has 206 valence electrons. The number of aryl methyl sites for hydroxylation is 2. The van der Waals surface area contributed by atoms with E-state index < -0.39 is 0 Å². The van der Waals surface area contributed by atoms with E-state index in [0.717, 1.165) is 58.5 Å². The van der Waals surface area contributed by atoms with Crippen LogP contribution < -0.4 is 0 Å². The van der Waals surface area contributed by atoms with Crippen LogP contribution in [-0.2, 0) is 31.8 Å². The number of hydrogen-bond acceptors (Lipinski definition) is 4. The summed E-state index contributed by atoms with van der Waals surface area (Å²) in [6.07, 6.45) is 14.5. The van der Waals surface area contributed by atoms with Crippen LogP contribution in [0.15, 0.2) is 54.6 Å². The van der Waals surface area contributed by atoms with Gasteiger partial charge >= 0.3 is 0 Å². The molecule has 0 radical (unpaired) electrons. The molecule has 2 aliphatic carbocycles. The van der Waals surface area contributed by atoms with Gasteiger partial charge in [-0.15, -0.1) is 0 Å². The monoisotopic (exact) mass is 518 g/mol. The number of hydrogen-bond donors (Lipinski definition) is 0. The van der Waals surface area contributed by atoms with Crippen LogP contribution in [0.4, 0.5) is 0 Å². The van der Waals surface area contributed by atoms with Crippen molar-refractivity contribution in [1.82, 2.24) is 0 Å². The molecule has 38 heavy (non-hydrogen) atoms. The molecule has 0 bridgehead atoms. The maximum atomic E-state index is 5.79. The molecule has 2 heterocycles. The summed E-state index contributed by atoms with van der Waals surface area (Å²) in [5.74, 6) is 0.165. The summed E-state index contributed by atoms with van der Waals surface area (Å²) >= 11 is 0. The zero-order chi connectivity index (χ0) is 26.3. The van der Waals surface area contributed by atoms with Gasteiger partial charge in [-0.2, -0.15) is 0 Å². The van der Waals surface area contributed by atoms with E-state index in [-0.39, 0.29) is 11.6 Å². The summed E-state index contributed by atoms with van der Waals surface area (Å²) < 4.78 is 23.1. The fourth-order valence-corrected chi connectivity index (χ4v) is 6.43. The lowest BCUT2D eigenvalue weighted by molar-refractivity contribution is -0.178. The van der Waals surface area contributed by atoms with Gasteiger partial charge in [0, 0.05) is 25.7 Å². The van der Waals surface area contributed by atoms with E-state index in [4.69, 9.17) is 18.9 Å². The first kappa shape index (κ1) is 27.6. The first-order valence-electron chi connectivity index (χ1n) is 15.1. The summed E-state index contributed by atoms with van der Waals surface area (Å²) in [4.78, 5) is 0. The molecule has 2 spiro atoms. The summed E-state index contributed by atoms with van der Waals surface area (Å²) in [5.41, 5.74) is 7.18. The van der Waals surface area contributed by atoms with Crippen molar-refractivity contribution >= 4 is 5.57 Å². The third-order valence-corrected chi connectivity index (χ3v) is 8.66. The van der Waals surface area contributed by atoms with Crippen LogP contribution >= 0.6 is 0 Å². The van der Waals surface area contributed by atoms with Crippen molar-refractivity contribution in [3.05, 3.63) is 76.9 Å². The number of benzene rings is 2. The van der Waals surface area contributed by atoms with Crippen molar-refractivity contribution in [2.24, 2.45) is 0 Å². The normalized spacial score (nSPS) is 22.3. The van der Waals surface area contributed by atoms with Crippen LogP contribution in [0, 0.1) is 0 Å². The van der Waals surface area contributed by atoms with Crippen molar-refractivity contribution in [2.45, 2.75) is 102 Å². The van der Waals surface area contributed by atoms with E-state index in [1.165, 1.54) is 66.4 Å². The zero-order valence-electron chi connectivity index (χ0n) is 23.5. The summed E-state index contributed by atoms with van der Waals surface area (Å²) in [6, 6.07) is 18.3. The highest BCUT2D eigenvalue weighted by Gasteiger charge is 2.40. The third kappa shape index (κ3) is 6.77. The topological polar surface area (TPSA) is 36.9 Å². The Balaban J connectivity index is 0.000000155. The Morgan fingerprint density at radius 2 is 1.18 bits per heavy atom. The molecule has 6 rings (SSSR count). The standard InChI is InChI=1S/C17H24O2.C17H22O2/c2*1-2-3-14-4-6-15(7-5-14)16-8-10-17(11-9-16)18-12-13-19-17/h4-7,16H,2-3,8-13H2,1H3;4-8H,2-3,9-13H2,1H3. The highest BCUT2D eigenvalue weighted by molar-refractivity contribution is 5.66. The molecule has 3 fully saturated rings. The molecule has 2 aliphatic heterocycles. The molecule has 4 heteroatoms. The van der Waals surface area contributed by atoms with Gasteiger partial charge in [0.25, 0.3) is 0 Å². The van der Waals surface area contributed by atoms with Gasteiger partial charge in [-0.25, -0.2) is 0 Å². The minimum atomic E-state index is -0.300. The third-order valence-electron chi connectivity index (χ3n) is 8.66. The molecule has 0 atom stereocenters. The van der Waals surface area contributed by atoms with Gasteiger partial charge in [0.15, 0.2) is 11.6 Å². The largest absolute Gasteiger partial charge is 0.348 e. The van der Waals surface area contributed by atoms with Gasteiger partial charge in [-0.3, -0.25) is 0 Å². The molecule has 4 aliphatic rings. The Hall–Kier alpha value is -1.98. The molecule has 0 amide bonds. The van der Waals surface area contributed by atoms with Gasteiger partial charge in [-0.05, 0) is 65.8 Å². The fraction of sp³-hybridized carbons (Fsp3) is 0.588. The SMILES string of the molecule is CCCc1ccc(C2=CCC3(CC2)OCCO3)cc1.CCCc1ccc(C2CCC3(CC2)OCCO3)cc1. The minimum Gasteiger partial charge on any atom is -0.348 e. The second-order valence-electron chi connectivity index (χ2n) is 11.4. The molecule has 2 aromatic carbocycles. The fourth-order valence-electron chi connectivity index (χ4n) is 6.43. The van der Waals surface area contributed by atoms with Gasteiger partial charge in [0.2, 0.25) is 0 Å². The van der Waals surface area contributed by atoms with Gasteiger partial charge in [0.1, 0.15) is 0 Å². The molecule has 4 nitrogen and oxygen atoms in total. The second kappa shape index (κ2) is 12.9. The summed E-state index contributed by atoms with van der Waals surface area (Å²) in [7, 11) is 0. The van der Waals surface area contributed by atoms with Crippen LogP contribution in [0.3, 0.4) is 0 Å². The molecule has 1 saturated carbocycles. The molecule has 2 aromatic rings. The lowest BCUT2D eigenvalue weighted by atomic mass is 9.81. The Labute approximate surface area is 229 Å². The van der Waals surface area contributed by atoms with Crippen molar-refractivity contribution in [3.8, 4) is 0 Å². The Bertz CT molecular complexity index is 1020. The number of allylic oxidation sites excluding steroid dienone is 1. The lowest BCUT2D eigenvalue weighted by Gasteiger charge is -2.35. The smallest absolute Gasteiger partial charge is 0.172 e. The number of ether oxygens (including phenoxy) is 4. The predicted octanol–water partition coefficient (Wildman–Crippen LogP) is 7.99. The molecule has 0 aromatic heterocycles. The Kier molecular flexibility index (Phi) is 9.37. The average molecular weight is 519 g/mol. The molecule has 2 saturated heterocycles. The second-order valence-corrected chi connectivity index (χ2v) is 11.4. The van der Waals surface area contributed by atoms with E-state index in [1.54, 1.807) is 0 Å². The van der Waals surface area contributed by atoms with E-state index in [2.05, 4.69) is 68.5 Å². The lowest BCUT2D eigenvalue weighted by Crippen LogP contribution is -2.34. The predicted molar refractivity (Wildman–Crippen MR) is 153 cm³/mol. The molecular formula is C34H46O4. The van der Waals surface area contributed by atoms with E-state index >= 15 is 0 Å². The Morgan fingerprint density at radius 1 is 0.658 bits per heavy atom. The average Bonchev–Trinajstić information content (AvgIpc) is 3.61. The van der Waals surface area contributed by atoms with Gasteiger partial charge in [-0.1, -0.05) is 81.3 Å².